The standard InChI is InChI=1S/C25H19FN4O2/c26-18-7-11-20(12-8-18)32-19-9-5-17(6-10-19)25-28-21(24(27)31)15-23(29-25)30-14-13-16-3-1-2-4-22(16)30/h1-12,15H,13-14H2,(H2,27,31). The van der Waals surface area contributed by atoms with Crippen LogP contribution in [0.15, 0.2) is 78.9 Å². The van der Waals surface area contributed by atoms with E-state index in [2.05, 4.69) is 16.0 Å². The van der Waals surface area contributed by atoms with E-state index in [0.717, 1.165) is 18.7 Å². The van der Waals surface area contributed by atoms with Gasteiger partial charge in [0, 0.05) is 23.9 Å². The van der Waals surface area contributed by atoms with Crippen molar-refractivity contribution in [2.75, 3.05) is 11.4 Å². The molecule has 0 bridgehead atoms. The van der Waals surface area contributed by atoms with Crippen molar-refractivity contribution in [1.82, 2.24) is 9.97 Å². The van der Waals surface area contributed by atoms with E-state index in [1.165, 1.54) is 17.7 Å². The van der Waals surface area contributed by atoms with E-state index in [4.69, 9.17) is 15.5 Å². The first kappa shape index (κ1) is 19.7. The van der Waals surface area contributed by atoms with Gasteiger partial charge in [-0.15, -0.1) is 0 Å². The van der Waals surface area contributed by atoms with Crippen molar-refractivity contribution in [3.8, 4) is 22.9 Å². The molecule has 4 aromatic rings. The zero-order chi connectivity index (χ0) is 22.1. The number of primary amides is 1. The first-order valence-corrected chi connectivity index (χ1v) is 10.1. The second kappa shape index (κ2) is 8.11. The molecule has 1 aromatic heterocycles. The van der Waals surface area contributed by atoms with Crippen molar-refractivity contribution in [3.05, 3.63) is 95.9 Å². The Morgan fingerprint density at radius 2 is 1.62 bits per heavy atom. The van der Waals surface area contributed by atoms with E-state index in [1.54, 1.807) is 42.5 Å². The lowest BCUT2D eigenvalue weighted by Gasteiger charge is -2.19. The molecule has 0 aliphatic carbocycles. The van der Waals surface area contributed by atoms with Crippen LogP contribution in [-0.2, 0) is 6.42 Å². The lowest BCUT2D eigenvalue weighted by atomic mass is 10.2. The van der Waals surface area contributed by atoms with Crippen LogP contribution in [0.2, 0.25) is 0 Å². The molecular formula is C25H19FN4O2. The van der Waals surface area contributed by atoms with Crippen LogP contribution in [0.25, 0.3) is 11.4 Å². The smallest absolute Gasteiger partial charge is 0.267 e. The first-order chi connectivity index (χ1) is 15.6. The van der Waals surface area contributed by atoms with Crippen LogP contribution in [0.1, 0.15) is 16.1 Å². The second-order valence-corrected chi connectivity index (χ2v) is 7.41. The lowest BCUT2D eigenvalue weighted by molar-refractivity contribution is 0.0995. The molecule has 3 aromatic carbocycles. The monoisotopic (exact) mass is 426 g/mol. The third-order valence-corrected chi connectivity index (χ3v) is 5.29. The normalized spacial score (nSPS) is 12.5. The number of hydrogen-bond acceptors (Lipinski definition) is 5. The molecule has 7 heteroatoms. The number of nitrogens with two attached hydrogens (primary N) is 1. The Bertz CT molecular complexity index is 1290. The summed E-state index contributed by atoms with van der Waals surface area (Å²) in [6, 6.07) is 22.7. The number of rotatable bonds is 5. The number of anilines is 2. The van der Waals surface area contributed by atoms with E-state index < -0.39 is 5.91 Å². The van der Waals surface area contributed by atoms with Gasteiger partial charge in [-0.3, -0.25) is 4.79 Å². The largest absolute Gasteiger partial charge is 0.457 e. The van der Waals surface area contributed by atoms with E-state index in [0.29, 0.717) is 28.7 Å². The topological polar surface area (TPSA) is 81.3 Å². The molecule has 158 valence electrons. The summed E-state index contributed by atoms with van der Waals surface area (Å²) in [6.45, 7) is 0.762. The highest BCUT2D eigenvalue weighted by molar-refractivity contribution is 5.92. The molecule has 0 saturated heterocycles. The number of hydrogen-bond donors (Lipinski definition) is 1. The maximum Gasteiger partial charge on any atom is 0.267 e. The van der Waals surface area contributed by atoms with Crippen molar-refractivity contribution < 1.29 is 13.9 Å². The Kier molecular flexibility index (Phi) is 4.99. The summed E-state index contributed by atoms with van der Waals surface area (Å²) in [7, 11) is 0. The molecule has 0 unspecified atom stereocenters. The van der Waals surface area contributed by atoms with Gasteiger partial charge in [-0.05, 0) is 66.6 Å². The van der Waals surface area contributed by atoms with Gasteiger partial charge in [-0.25, -0.2) is 14.4 Å². The van der Waals surface area contributed by atoms with Crippen molar-refractivity contribution in [1.29, 1.82) is 0 Å². The molecule has 1 aliphatic heterocycles. The summed E-state index contributed by atoms with van der Waals surface area (Å²) in [5, 5.41) is 0. The number of nitrogens with zero attached hydrogens (tertiary/aromatic N) is 3. The van der Waals surface area contributed by atoms with Crippen LogP contribution in [0.5, 0.6) is 11.5 Å². The summed E-state index contributed by atoms with van der Waals surface area (Å²) in [5.74, 6) is 1.20. The van der Waals surface area contributed by atoms with Crippen LogP contribution < -0.4 is 15.4 Å². The molecule has 5 rings (SSSR count). The summed E-state index contributed by atoms with van der Waals surface area (Å²) in [5.41, 5.74) is 8.72. The molecule has 1 amide bonds. The molecule has 0 spiro atoms. The molecule has 0 radical (unpaired) electrons. The van der Waals surface area contributed by atoms with Crippen molar-refractivity contribution in [2.24, 2.45) is 5.73 Å². The van der Waals surface area contributed by atoms with Crippen LogP contribution >= 0.6 is 0 Å². The number of amides is 1. The Labute approximate surface area is 184 Å². The number of ether oxygens (including phenoxy) is 1. The van der Waals surface area contributed by atoms with E-state index >= 15 is 0 Å². The number of carbonyl (C=O) groups excluding carboxylic acids is 1. The van der Waals surface area contributed by atoms with E-state index in [1.807, 2.05) is 18.2 Å². The summed E-state index contributed by atoms with van der Waals surface area (Å²) in [6.07, 6.45) is 0.900. The molecule has 0 saturated carbocycles. The van der Waals surface area contributed by atoms with E-state index in [-0.39, 0.29) is 11.5 Å². The molecule has 1 aliphatic rings. The lowest BCUT2D eigenvalue weighted by Crippen LogP contribution is -2.19. The highest BCUT2D eigenvalue weighted by Crippen LogP contribution is 2.34. The second-order valence-electron chi connectivity index (χ2n) is 7.41. The maximum absolute atomic E-state index is 13.1. The molecule has 6 nitrogen and oxygen atoms in total. The third kappa shape index (κ3) is 3.88. The van der Waals surface area contributed by atoms with Gasteiger partial charge in [0.25, 0.3) is 5.91 Å². The molecule has 32 heavy (non-hydrogen) atoms. The van der Waals surface area contributed by atoms with Crippen molar-refractivity contribution in [3.63, 3.8) is 0 Å². The average Bonchev–Trinajstić information content (AvgIpc) is 3.25. The molecule has 0 fully saturated rings. The highest BCUT2D eigenvalue weighted by atomic mass is 19.1. The van der Waals surface area contributed by atoms with Gasteiger partial charge in [-0.2, -0.15) is 0 Å². The molecule has 2 heterocycles. The fraction of sp³-hybridized carbons (Fsp3) is 0.0800. The molecule has 2 N–H and O–H groups in total. The Morgan fingerprint density at radius 3 is 2.34 bits per heavy atom. The zero-order valence-electron chi connectivity index (χ0n) is 17.0. The average molecular weight is 426 g/mol. The maximum atomic E-state index is 13.1. The quantitative estimate of drug-likeness (QED) is 0.493. The Hall–Kier alpha value is -4.26. The number of aromatic nitrogens is 2. The SMILES string of the molecule is NC(=O)c1cc(N2CCc3ccccc32)nc(-c2ccc(Oc3ccc(F)cc3)cc2)n1. The van der Waals surface area contributed by atoms with Gasteiger partial charge in [0.15, 0.2) is 5.82 Å². The molecule has 0 atom stereocenters. The van der Waals surface area contributed by atoms with E-state index in [9.17, 15) is 9.18 Å². The minimum atomic E-state index is -0.612. The van der Waals surface area contributed by atoms with Crippen molar-refractivity contribution >= 4 is 17.4 Å². The van der Waals surface area contributed by atoms with Crippen LogP contribution in [-0.4, -0.2) is 22.4 Å². The van der Waals surface area contributed by atoms with Gasteiger partial charge in [-0.1, -0.05) is 18.2 Å². The van der Waals surface area contributed by atoms with Crippen molar-refractivity contribution in [2.45, 2.75) is 6.42 Å². The fourth-order valence-electron chi connectivity index (χ4n) is 3.72. The first-order valence-electron chi connectivity index (χ1n) is 10.1. The van der Waals surface area contributed by atoms with Gasteiger partial charge in [0.1, 0.15) is 28.8 Å². The Balaban J connectivity index is 1.47. The minimum absolute atomic E-state index is 0.154. The number of benzene rings is 3. The number of halogens is 1. The third-order valence-electron chi connectivity index (χ3n) is 5.29. The predicted octanol–water partition coefficient (Wildman–Crippen LogP) is 4.87. The zero-order valence-corrected chi connectivity index (χ0v) is 17.0. The van der Waals surface area contributed by atoms with Gasteiger partial charge < -0.3 is 15.4 Å². The predicted molar refractivity (Wildman–Crippen MR) is 120 cm³/mol. The number of carbonyl (C=O) groups is 1. The number of para-hydroxylation sites is 1. The highest BCUT2D eigenvalue weighted by Gasteiger charge is 2.23. The minimum Gasteiger partial charge on any atom is -0.457 e. The Morgan fingerprint density at radius 1 is 0.938 bits per heavy atom. The summed E-state index contributed by atoms with van der Waals surface area (Å²) in [4.78, 5) is 23.1. The van der Waals surface area contributed by atoms with Crippen LogP contribution in [0.3, 0.4) is 0 Å². The number of fused-ring (bicyclic) bond motifs is 1. The van der Waals surface area contributed by atoms with Crippen LogP contribution in [0.4, 0.5) is 15.9 Å². The van der Waals surface area contributed by atoms with Gasteiger partial charge in [0.05, 0.1) is 0 Å². The van der Waals surface area contributed by atoms with Crippen LogP contribution in [0, 0.1) is 5.82 Å². The van der Waals surface area contributed by atoms with Gasteiger partial charge >= 0.3 is 0 Å². The summed E-state index contributed by atoms with van der Waals surface area (Å²) < 4.78 is 18.8. The molecular weight excluding hydrogens is 407 g/mol. The fourth-order valence-corrected chi connectivity index (χ4v) is 3.72. The summed E-state index contributed by atoms with van der Waals surface area (Å²) >= 11 is 0. The van der Waals surface area contributed by atoms with Gasteiger partial charge in [0.2, 0.25) is 0 Å².